The number of Topliss-reactive ketones (excluding diaryl/α,β-unsaturated/α-hetero) is 1. The number of anilines is 1. The van der Waals surface area contributed by atoms with E-state index in [1.807, 2.05) is 12.1 Å². The number of benzene rings is 1. The molecule has 1 atom stereocenters. The number of hydrogen-bond acceptors (Lipinski definition) is 5. The Morgan fingerprint density at radius 1 is 1.25 bits per heavy atom. The zero-order valence-electron chi connectivity index (χ0n) is 19.0. The van der Waals surface area contributed by atoms with Gasteiger partial charge in [-0.2, -0.15) is 0 Å². The Morgan fingerprint density at radius 3 is 2.91 bits per heavy atom. The van der Waals surface area contributed by atoms with Crippen molar-refractivity contribution in [2.45, 2.75) is 39.0 Å². The lowest BCUT2D eigenvalue weighted by Gasteiger charge is -2.30. The molecule has 1 N–H and O–H groups in total. The van der Waals surface area contributed by atoms with Crippen LogP contribution in [0.5, 0.6) is 0 Å². The highest BCUT2D eigenvalue weighted by Gasteiger charge is 2.25. The predicted molar refractivity (Wildman–Crippen MR) is 130 cm³/mol. The molecule has 2 aliphatic rings. The Bertz CT molecular complexity index is 914. The first-order valence-corrected chi connectivity index (χ1v) is 12.3. The van der Waals surface area contributed by atoms with Crippen molar-refractivity contribution in [2.75, 3.05) is 44.7 Å². The lowest BCUT2D eigenvalue weighted by molar-refractivity contribution is -0.123. The highest BCUT2D eigenvalue weighted by Crippen LogP contribution is 2.30. The Kier molecular flexibility index (Phi) is 8.17. The molecule has 0 bridgehead atoms. The van der Waals surface area contributed by atoms with E-state index in [0.717, 1.165) is 87.6 Å². The molecule has 3 heterocycles. The van der Waals surface area contributed by atoms with Crippen molar-refractivity contribution in [2.24, 2.45) is 11.8 Å². The summed E-state index contributed by atoms with van der Waals surface area (Å²) < 4.78 is 5.46. The van der Waals surface area contributed by atoms with Crippen LogP contribution in [0.25, 0.3) is 11.1 Å². The molecule has 2 saturated heterocycles. The topological polar surface area (TPSA) is 54.5 Å². The van der Waals surface area contributed by atoms with Gasteiger partial charge in [-0.3, -0.25) is 9.78 Å². The zero-order chi connectivity index (χ0) is 22.3. The van der Waals surface area contributed by atoms with Gasteiger partial charge >= 0.3 is 0 Å². The van der Waals surface area contributed by atoms with Gasteiger partial charge < -0.3 is 15.0 Å². The lowest BCUT2D eigenvalue weighted by atomic mass is 9.91. The van der Waals surface area contributed by atoms with Gasteiger partial charge in [0.05, 0.1) is 5.02 Å². The van der Waals surface area contributed by atoms with Crippen molar-refractivity contribution < 1.29 is 9.53 Å². The smallest absolute Gasteiger partial charge is 0.143 e. The van der Waals surface area contributed by atoms with Crippen molar-refractivity contribution in [3.05, 3.63) is 47.2 Å². The van der Waals surface area contributed by atoms with Crippen molar-refractivity contribution in [1.29, 1.82) is 0 Å². The lowest BCUT2D eigenvalue weighted by Crippen LogP contribution is -2.39. The molecule has 2 fully saturated rings. The molecule has 0 aliphatic carbocycles. The van der Waals surface area contributed by atoms with Gasteiger partial charge in [0, 0.05) is 61.8 Å². The van der Waals surface area contributed by atoms with Crippen LogP contribution in [0.1, 0.15) is 38.3 Å². The summed E-state index contributed by atoms with van der Waals surface area (Å²) in [7, 11) is 0. The first-order valence-electron chi connectivity index (χ1n) is 11.9. The summed E-state index contributed by atoms with van der Waals surface area (Å²) in [5.74, 6) is 1.05. The van der Waals surface area contributed by atoms with E-state index in [1.165, 1.54) is 0 Å². The molecule has 0 unspecified atom stereocenters. The molecule has 172 valence electrons. The first-order chi connectivity index (χ1) is 15.6. The molecule has 2 aromatic rings. The third-order valence-electron chi connectivity index (χ3n) is 6.78. The minimum atomic E-state index is 0.113. The fourth-order valence-electron chi connectivity index (χ4n) is 4.74. The highest BCUT2D eigenvalue weighted by atomic mass is 35.5. The number of nitrogens with one attached hydrogen (secondary N) is 1. The van der Waals surface area contributed by atoms with E-state index in [9.17, 15) is 4.79 Å². The summed E-state index contributed by atoms with van der Waals surface area (Å²) in [6.07, 6.45) is 6.34. The highest BCUT2D eigenvalue weighted by molar-refractivity contribution is 6.33. The molecule has 0 amide bonds. The third kappa shape index (κ3) is 6.09. The maximum absolute atomic E-state index is 12.9. The molecular weight excluding hydrogens is 422 g/mol. The van der Waals surface area contributed by atoms with E-state index in [1.54, 1.807) is 6.20 Å². The molecule has 0 radical (unpaired) electrons. The van der Waals surface area contributed by atoms with Crippen molar-refractivity contribution in [3.63, 3.8) is 0 Å². The van der Waals surface area contributed by atoms with Crippen LogP contribution in [0.4, 0.5) is 5.69 Å². The molecular formula is C26H34ClN3O2. The van der Waals surface area contributed by atoms with Crippen LogP contribution in [-0.4, -0.2) is 55.1 Å². The number of carbonyl (C=O) groups is 1. The van der Waals surface area contributed by atoms with E-state index in [0.29, 0.717) is 17.4 Å². The number of ether oxygens (including phenoxy) is 1. The SMILES string of the molecule is CCN1CCC[C@H](C(=O)Cc2cc(-c3cccc(NCC4CCOCC4)c3)c(Cl)cn2)C1. The molecule has 6 heteroatoms. The van der Waals surface area contributed by atoms with Gasteiger partial charge in [0.1, 0.15) is 5.78 Å². The Labute approximate surface area is 196 Å². The average molecular weight is 456 g/mol. The van der Waals surface area contributed by atoms with Crippen LogP contribution in [-0.2, 0) is 16.0 Å². The molecule has 2 aliphatic heterocycles. The number of nitrogens with zero attached hydrogens (tertiary/aromatic N) is 2. The monoisotopic (exact) mass is 455 g/mol. The Balaban J connectivity index is 1.43. The first kappa shape index (κ1) is 23.2. The maximum atomic E-state index is 12.9. The summed E-state index contributed by atoms with van der Waals surface area (Å²) in [4.78, 5) is 19.8. The molecule has 0 spiro atoms. The second-order valence-corrected chi connectivity index (χ2v) is 9.46. The summed E-state index contributed by atoms with van der Waals surface area (Å²) in [6, 6.07) is 10.3. The van der Waals surface area contributed by atoms with Gasteiger partial charge in [-0.25, -0.2) is 0 Å². The summed E-state index contributed by atoms with van der Waals surface area (Å²) in [5.41, 5.74) is 3.85. The van der Waals surface area contributed by atoms with E-state index in [4.69, 9.17) is 16.3 Å². The normalized spacial score (nSPS) is 20.2. The van der Waals surface area contributed by atoms with Crippen LogP contribution in [0.2, 0.25) is 5.02 Å². The standard InChI is InChI=1S/C26H34ClN3O2/c1-2-30-10-4-6-21(18-30)26(31)15-23-14-24(25(27)17-29-23)20-5-3-7-22(13-20)28-16-19-8-11-32-12-9-19/h3,5,7,13-14,17,19,21,28H,2,4,6,8-12,15-16,18H2,1H3/t21-/m0/s1. The predicted octanol–water partition coefficient (Wildman–Crippen LogP) is 5.08. The minimum absolute atomic E-state index is 0.113. The fourth-order valence-corrected chi connectivity index (χ4v) is 4.95. The number of ketones is 1. The van der Waals surface area contributed by atoms with Crippen LogP contribution in [0.3, 0.4) is 0 Å². The van der Waals surface area contributed by atoms with E-state index in [2.05, 4.69) is 40.3 Å². The summed E-state index contributed by atoms with van der Waals surface area (Å²) >= 11 is 6.52. The fraction of sp³-hybridized carbons (Fsp3) is 0.538. The molecule has 1 aromatic carbocycles. The van der Waals surface area contributed by atoms with Gasteiger partial charge in [0.15, 0.2) is 0 Å². The molecule has 0 saturated carbocycles. The zero-order valence-corrected chi connectivity index (χ0v) is 19.7. The quantitative estimate of drug-likeness (QED) is 0.601. The molecule has 32 heavy (non-hydrogen) atoms. The number of hydrogen-bond donors (Lipinski definition) is 1. The van der Waals surface area contributed by atoms with E-state index < -0.39 is 0 Å². The molecule has 1 aromatic heterocycles. The molecule has 5 nitrogen and oxygen atoms in total. The van der Waals surface area contributed by atoms with Crippen LogP contribution in [0, 0.1) is 11.8 Å². The van der Waals surface area contributed by atoms with Gasteiger partial charge in [0.25, 0.3) is 0 Å². The van der Waals surface area contributed by atoms with Crippen molar-refractivity contribution in [1.82, 2.24) is 9.88 Å². The summed E-state index contributed by atoms with van der Waals surface area (Å²) in [5, 5.41) is 4.18. The van der Waals surface area contributed by atoms with Crippen LogP contribution >= 0.6 is 11.6 Å². The minimum Gasteiger partial charge on any atom is -0.385 e. The number of rotatable bonds is 8. The molecule has 4 rings (SSSR count). The second-order valence-electron chi connectivity index (χ2n) is 9.05. The van der Waals surface area contributed by atoms with Gasteiger partial charge in [-0.15, -0.1) is 0 Å². The summed E-state index contributed by atoms with van der Waals surface area (Å²) in [6.45, 7) is 7.81. The van der Waals surface area contributed by atoms with Gasteiger partial charge in [0.2, 0.25) is 0 Å². The number of piperidine rings is 1. The maximum Gasteiger partial charge on any atom is 0.143 e. The van der Waals surface area contributed by atoms with Crippen LogP contribution in [0.15, 0.2) is 36.5 Å². The number of carbonyl (C=O) groups excluding carboxylic acids is 1. The van der Waals surface area contributed by atoms with Crippen molar-refractivity contribution in [3.8, 4) is 11.1 Å². The Hall–Kier alpha value is -1.95. The van der Waals surface area contributed by atoms with Gasteiger partial charge in [-0.1, -0.05) is 30.7 Å². The van der Waals surface area contributed by atoms with Crippen molar-refractivity contribution >= 4 is 23.1 Å². The van der Waals surface area contributed by atoms with Gasteiger partial charge in [-0.05, 0) is 68.5 Å². The second kappa shape index (κ2) is 11.3. The number of pyridine rings is 1. The van der Waals surface area contributed by atoms with E-state index >= 15 is 0 Å². The van der Waals surface area contributed by atoms with Crippen LogP contribution < -0.4 is 5.32 Å². The number of aromatic nitrogens is 1. The third-order valence-corrected chi connectivity index (χ3v) is 7.09. The number of halogens is 1. The average Bonchev–Trinajstić information content (AvgIpc) is 2.84. The largest absolute Gasteiger partial charge is 0.385 e. The van der Waals surface area contributed by atoms with E-state index in [-0.39, 0.29) is 11.7 Å². The number of likely N-dealkylation sites (tertiary alicyclic amines) is 1. The Morgan fingerprint density at radius 2 is 2.09 bits per heavy atom.